The van der Waals surface area contributed by atoms with E-state index in [4.69, 9.17) is 9.26 Å². The Morgan fingerprint density at radius 1 is 1.23 bits per heavy atom. The Hall–Kier alpha value is -2.58. The number of amides is 1. The minimum Gasteiger partial charge on any atom is -0.375 e. The van der Waals surface area contributed by atoms with Gasteiger partial charge in [-0.2, -0.15) is 4.98 Å². The summed E-state index contributed by atoms with van der Waals surface area (Å²) < 4.78 is 11.0. The summed E-state index contributed by atoms with van der Waals surface area (Å²) in [7, 11) is 0. The van der Waals surface area contributed by atoms with Crippen LogP contribution in [0.3, 0.4) is 0 Å². The first-order valence-electron chi connectivity index (χ1n) is 11.0. The van der Waals surface area contributed by atoms with Gasteiger partial charge in [-0.15, -0.1) is 0 Å². The Morgan fingerprint density at radius 2 is 2.00 bits per heavy atom. The number of benzene rings is 1. The van der Waals surface area contributed by atoms with Crippen molar-refractivity contribution in [1.82, 2.24) is 20.4 Å². The number of rotatable bonds is 10. The van der Waals surface area contributed by atoms with Gasteiger partial charge in [0.25, 0.3) is 0 Å². The van der Waals surface area contributed by atoms with Crippen molar-refractivity contribution in [2.45, 2.75) is 63.6 Å². The van der Waals surface area contributed by atoms with Crippen molar-refractivity contribution in [3.63, 3.8) is 0 Å². The highest BCUT2D eigenvalue weighted by Gasteiger charge is 2.38. The van der Waals surface area contributed by atoms with Crippen LogP contribution in [0.15, 0.2) is 34.9 Å². The van der Waals surface area contributed by atoms with Gasteiger partial charge in [0, 0.05) is 18.0 Å². The lowest BCUT2D eigenvalue weighted by atomic mass is 10.1. The molecule has 0 radical (unpaired) electrons. The number of carbonyl (C=O) groups excluding carboxylic acids is 2. The molecule has 1 atom stereocenters. The number of nitrogens with one attached hydrogen (secondary N) is 1. The van der Waals surface area contributed by atoms with Crippen molar-refractivity contribution >= 4 is 11.7 Å². The number of hydrogen-bond donors (Lipinski definition) is 1. The molecule has 1 saturated heterocycles. The largest absolute Gasteiger partial charge is 0.375 e. The zero-order valence-electron chi connectivity index (χ0n) is 18.2. The molecule has 2 heterocycles. The van der Waals surface area contributed by atoms with Crippen molar-refractivity contribution in [1.29, 1.82) is 0 Å². The number of ketones is 1. The summed E-state index contributed by atoms with van der Waals surface area (Å²) in [5.41, 5.74) is 0.732. The molecule has 1 N–H and O–H groups in total. The van der Waals surface area contributed by atoms with Gasteiger partial charge in [0.15, 0.2) is 0 Å². The van der Waals surface area contributed by atoms with Crippen LogP contribution in [0.25, 0.3) is 0 Å². The number of carbonyl (C=O) groups is 2. The summed E-state index contributed by atoms with van der Waals surface area (Å²) in [4.78, 5) is 31.6. The van der Waals surface area contributed by atoms with E-state index in [9.17, 15) is 9.59 Å². The van der Waals surface area contributed by atoms with Gasteiger partial charge in [-0.05, 0) is 45.1 Å². The van der Waals surface area contributed by atoms with E-state index in [-0.39, 0.29) is 29.6 Å². The van der Waals surface area contributed by atoms with Crippen molar-refractivity contribution in [3.05, 3.63) is 47.6 Å². The maximum Gasteiger partial charge on any atom is 0.240 e. The van der Waals surface area contributed by atoms with Gasteiger partial charge in [-0.1, -0.05) is 35.5 Å². The number of likely N-dealkylation sites (tertiary alicyclic amines) is 1. The van der Waals surface area contributed by atoms with E-state index in [0.717, 1.165) is 24.8 Å². The molecule has 1 unspecified atom stereocenters. The zero-order chi connectivity index (χ0) is 21.8. The second-order valence-electron chi connectivity index (χ2n) is 9.06. The summed E-state index contributed by atoms with van der Waals surface area (Å²) in [6, 6.07) is 9.46. The normalized spacial score (nSPS) is 19.0. The molecule has 1 aromatic carbocycles. The smallest absolute Gasteiger partial charge is 0.240 e. The predicted octanol–water partition coefficient (Wildman–Crippen LogP) is 2.71. The molecular formula is C23H30N4O4. The average Bonchev–Trinajstić information content (AvgIpc) is 3.29. The molecule has 2 fully saturated rings. The van der Waals surface area contributed by atoms with Crippen molar-refractivity contribution in [2.24, 2.45) is 0 Å². The van der Waals surface area contributed by atoms with E-state index in [1.54, 1.807) is 4.90 Å². The highest BCUT2D eigenvalue weighted by molar-refractivity contribution is 5.99. The molecule has 2 aliphatic rings. The quantitative estimate of drug-likeness (QED) is 0.583. The fraction of sp³-hybridized carbons (Fsp3) is 0.565. The maximum atomic E-state index is 12.9. The van der Waals surface area contributed by atoms with Crippen molar-refractivity contribution in [3.8, 4) is 0 Å². The topological polar surface area (TPSA) is 97.6 Å². The van der Waals surface area contributed by atoms with Crippen LogP contribution in [0.5, 0.6) is 0 Å². The molecule has 1 aromatic heterocycles. The van der Waals surface area contributed by atoms with Gasteiger partial charge < -0.3 is 19.5 Å². The van der Waals surface area contributed by atoms with E-state index < -0.39 is 6.04 Å². The highest BCUT2D eigenvalue weighted by Crippen LogP contribution is 2.39. The standard InChI is InChI=1S/C23H30N4O4/c1-23(2,15-30-14-16-7-4-3-5-8-16)24-13-19(28)27-12-6-9-18(27)20(29)21-25-22(31-26-21)17-10-11-17/h3-5,7-8,17-18,24H,6,9-15H2,1-2H3. The predicted molar refractivity (Wildman–Crippen MR) is 114 cm³/mol. The molecule has 4 rings (SSSR count). The van der Waals surface area contributed by atoms with E-state index in [0.29, 0.717) is 38.0 Å². The van der Waals surface area contributed by atoms with E-state index in [1.807, 2.05) is 44.2 Å². The third kappa shape index (κ3) is 5.57. The molecule has 8 heteroatoms. The third-order valence-corrected chi connectivity index (χ3v) is 5.76. The molecule has 0 bridgehead atoms. The minimum absolute atomic E-state index is 0.0919. The van der Waals surface area contributed by atoms with Crippen LogP contribution in [0.4, 0.5) is 0 Å². The molecule has 1 aliphatic carbocycles. The second kappa shape index (κ2) is 9.28. The van der Waals surface area contributed by atoms with Crippen LogP contribution in [0.1, 0.15) is 67.5 Å². The van der Waals surface area contributed by atoms with E-state index >= 15 is 0 Å². The first kappa shape index (κ1) is 21.6. The Labute approximate surface area is 182 Å². The SMILES string of the molecule is CC(C)(COCc1ccccc1)NCC(=O)N1CCCC1C(=O)c1noc(C2CC2)n1. The molecule has 166 valence electrons. The summed E-state index contributed by atoms with van der Waals surface area (Å²) in [6.45, 7) is 5.69. The van der Waals surface area contributed by atoms with Crippen LogP contribution in [-0.2, 0) is 16.1 Å². The molecule has 1 aliphatic heterocycles. The van der Waals surface area contributed by atoms with Gasteiger partial charge in [-0.3, -0.25) is 9.59 Å². The molecular weight excluding hydrogens is 396 g/mol. The lowest BCUT2D eigenvalue weighted by Gasteiger charge is -2.28. The summed E-state index contributed by atoms with van der Waals surface area (Å²) in [6.07, 6.45) is 3.47. The number of aromatic nitrogens is 2. The summed E-state index contributed by atoms with van der Waals surface area (Å²) >= 11 is 0. The molecule has 31 heavy (non-hydrogen) atoms. The van der Waals surface area contributed by atoms with Crippen LogP contribution >= 0.6 is 0 Å². The lowest BCUT2D eigenvalue weighted by molar-refractivity contribution is -0.130. The Morgan fingerprint density at radius 3 is 2.74 bits per heavy atom. The Bertz CT molecular complexity index is 907. The van der Waals surface area contributed by atoms with E-state index in [2.05, 4.69) is 15.5 Å². The van der Waals surface area contributed by atoms with Gasteiger partial charge in [0.05, 0.1) is 25.8 Å². The van der Waals surface area contributed by atoms with Crippen LogP contribution in [0.2, 0.25) is 0 Å². The third-order valence-electron chi connectivity index (χ3n) is 5.76. The molecule has 1 amide bonds. The van der Waals surface area contributed by atoms with Crippen molar-refractivity contribution < 1.29 is 18.8 Å². The van der Waals surface area contributed by atoms with Crippen LogP contribution in [-0.4, -0.2) is 58.0 Å². The van der Waals surface area contributed by atoms with Gasteiger partial charge >= 0.3 is 0 Å². The van der Waals surface area contributed by atoms with Crippen LogP contribution < -0.4 is 5.32 Å². The molecule has 0 spiro atoms. The number of nitrogens with zero attached hydrogens (tertiary/aromatic N) is 3. The molecule has 8 nitrogen and oxygen atoms in total. The summed E-state index contributed by atoms with van der Waals surface area (Å²) in [5.74, 6) is 0.600. The Balaban J connectivity index is 1.27. The Kier molecular flexibility index (Phi) is 6.48. The molecule has 2 aromatic rings. The van der Waals surface area contributed by atoms with Crippen LogP contribution in [0, 0.1) is 0 Å². The minimum atomic E-state index is -0.517. The number of hydrogen-bond acceptors (Lipinski definition) is 7. The van der Waals surface area contributed by atoms with Gasteiger partial charge in [0.2, 0.25) is 23.4 Å². The van der Waals surface area contributed by atoms with E-state index in [1.165, 1.54) is 0 Å². The first-order valence-corrected chi connectivity index (χ1v) is 11.0. The average molecular weight is 427 g/mol. The van der Waals surface area contributed by atoms with Gasteiger partial charge in [0.1, 0.15) is 0 Å². The fourth-order valence-electron chi connectivity index (χ4n) is 3.78. The zero-order valence-corrected chi connectivity index (χ0v) is 18.2. The lowest BCUT2D eigenvalue weighted by Crippen LogP contribution is -2.51. The molecule has 1 saturated carbocycles. The van der Waals surface area contributed by atoms with Crippen molar-refractivity contribution in [2.75, 3.05) is 19.7 Å². The highest BCUT2D eigenvalue weighted by atomic mass is 16.5. The monoisotopic (exact) mass is 426 g/mol. The van der Waals surface area contributed by atoms with Gasteiger partial charge in [-0.25, -0.2) is 0 Å². The summed E-state index contributed by atoms with van der Waals surface area (Å²) in [5, 5.41) is 7.13. The number of ether oxygens (including phenoxy) is 1. The maximum absolute atomic E-state index is 12.9. The number of Topliss-reactive ketones (excluding diaryl/α,β-unsaturated/α-hetero) is 1. The second-order valence-corrected chi connectivity index (χ2v) is 9.06. The first-order chi connectivity index (χ1) is 14.9. The fourth-order valence-corrected chi connectivity index (χ4v) is 3.78.